The topological polar surface area (TPSA) is 24.9 Å². The highest BCUT2D eigenvalue weighted by atomic mass is 14.9. The molecule has 0 saturated carbocycles. The zero-order chi connectivity index (χ0) is 13.8. The van der Waals surface area contributed by atoms with E-state index in [-0.39, 0.29) is 0 Å². The molecule has 0 aliphatic heterocycles. The zero-order valence-electron chi connectivity index (χ0n) is 12.1. The fraction of sp³-hybridized carbons (Fsp3) is 0.389. The highest BCUT2D eigenvalue weighted by molar-refractivity contribution is 5.42. The smallest absolute Gasteiger partial charge is 0.0447 e. The van der Waals surface area contributed by atoms with Crippen LogP contribution in [0.15, 0.2) is 42.6 Å². The Morgan fingerprint density at radius 3 is 2.95 bits per heavy atom. The van der Waals surface area contributed by atoms with Crippen LogP contribution in [-0.2, 0) is 12.8 Å². The first kappa shape index (κ1) is 13.3. The molecule has 1 heterocycles. The van der Waals surface area contributed by atoms with Crippen LogP contribution in [0.25, 0.3) is 0 Å². The summed E-state index contributed by atoms with van der Waals surface area (Å²) in [6.07, 6.45) is 6.45. The first-order chi connectivity index (χ1) is 9.88. The van der Waals surface area contributed by atoms with Gasteiger partial charge in [0.15, 0.2) is 0 Å². The quantitative estimate of drug-likeness (QED) is 0.893. The molecule has 2 nitrogen and oxygen atoms in total. The Bertz CT molecular complexity index is 563. The van der Waals surface area contributed by atoms with Gasteiger partial charge in [0.05, 0.1) is 0 Å². The van der Waals surface area contributed by atoms with E-state index in [2.05, 4.69) is 47.6 Å². The molecule has 1 aliphatic rings. The van der Waals surface area contributed by atoms with E-state index < -0.39 is 0 Å². The van der Waals surface area contributed by atoms with Crippen molar-refractivity contribution in [1.29, 1.82) is 0 Å². The fourth-order valence-electron chi connectivity index (χ4n) is 3.12. The molecule has 1 aromatic heterocycles. The van der Waals surface area contributed by atoms with Crippen molar-refractivity contribution in [2.45, 2.75) is 38.6 Å². The normalized spacial score (nSPS) is 17.1. The molecule has 1 N–H and O–H groups in total. The maximum absolute atomic E-state index is 4.45. The van der Waals surface area contributed by atoms with Crippen molar-refractivity contribution >= 4 is 0 Å². The summed E-state index contributed by atoms with van der Waals surface area (Å²) < 4.78 is 0. The Labute approximate surface area is 121 Å². The number of nitrogens with zero attached hydrogens (tertiary/aromatic N) is 1. The summed E-state index contributed by atoms with van der Waals surface area (Å²) in [5.41, 5.74) is 5.66. The number of pyridine rings is 1. The third-order valence-electron chi connectivity index (χ3n) is 4.11. The van der Waals surface area contributed by atoms with E-state index in [1.54, 1.807) is 5.56 Å². The second-order valence-corrected chi connectivity index (χ2v) is 5.53. The molecular formula is C18H22N2. The van der Waals surface area contributed by atoms with Gasteiger partial charge < -0.3 is 5.32 Å². The summed E-state index contributed by atoms with van der Waals surface area (Å²) in [5, 5.41) is 3.66. The summed E-state index contributed by atoms with van der Waals surface area (Å²) >= 11 is 0. The average molecular weight is 266 g/mol. The number of rotatable bonds is 5. The van der Waals surface area contributed by atoms with Crippen molar-refractivity contribution in [1.82, 2.24) is 10.3 Å². The number of aromatic nitrogens is 1. The molecule has 0 fully saturated rings. The molecule has 1 unspecified atom stereocenters. The molecule has 2 heteroatoms. The largest absolute Gasteiger partial charge is 0.310 e. The van der Waals surface area contributed by atoms with Gasteiger partial charge in [-0.25, -0.2) is 0 Å². The summed E-state index contributed by atoms with van der Waals surface area (Å²) in [6.45, 7) is 3.33. The zero-order valence-corrected chi connectivity index (χ0v) is 12.1. The molecule has 0 amide bonds. The van der Waals surface area contributed by atoms with Gasteiger partial charge in [0.25, 0.3) is 0 Å². The van der Waals surface area contributed by atoms with E-state index in [9.17, 15) is 0 Å². The van der Waals surface area contributed by atoms with Gasteiger partial charge in [-0.05, 0) is 54.6 Å². The van der Waals surface area contributed by atoms with Gasteiger partial charge in [0.1, 0.15) is 0 Å². The Hall–Kier alpha value is -1.67. The molecule has 20 heavy (non-hydrogen) atoms. The molecule has 0 bridgehead atoms. The van der Waals surface area contributed by atoms with Crippen molar-refractivity contribution in [3.8, 4) is 0 Å². The highest BCUT2D eigenvalue weighted by Gasteiger charge is 2.23. The Morgan fingerprint density at radius 2 is 2.15 bits per heavy atom. The molecule has 1 aromatic carbocycles. The van der Waals surface area contributed by atoms with E-state index in [1.165, 1.54) is 30.4 Å². The van der Waals surface area contributed by atoms with Crippen molar-refractivity contribution in [2.75, 3.05) is 6.54 Å². The first-order valence-electron chi connectivity index (χ1n) is 7.62. The van der Waals surface area contributed by atoms with E-state index in [0.717, 1.165) is 18.7 Å². The maximum atomic E-state index is 4.45. The molecule has 104 valence electrons. The number of nitrogens with one attached hydrogen (secondary N) is 1. The van der Waals surface area contributed by atoms with Gasteiger partial charge in [-0.2, -0.15) is 0 Å². The van der Waals surface area contributed by atoms with Crippen molar-refractivity contribution < 1.29 is 0 Å². The van der Waals surface area contributed by atoms with Crippen LogP contribution in [0.2, 0.25) is 0 Å². The van der Waals surface area contributed by atoms with Crippen molar-refractivity contribution in [3.63, 3.8) is 0 Å². The SMILES string of the molecule is CCCNC1CCc2c(Cc3ccccn3)cccc21. The Kier molecular flexibility index (Phi) is 4.12. The molecule has 2 aromatic rings. The molecule has 0 radical (unpaired) electrons. The van der Waals surface area contributed by atoms with E-state index >= 15 is 0 Å². The standard InChI is InChI=1S/C18H22N2/c1-2-11-20-18-10-9-16-14(6-5-8-17(16)18)13-15-7-3-4-12-19-15/h3-8,12,18,20H,2,9-11,13H2,1H3. The lowest BCUT2D eigenvalue weighted by atomic mass is 9.98. The van der Waals surface area contributed by atoms with Crippen LogP contribution in [0.4, 0.5) is 0 Å². The minimum absolute atomic E-state index is 0.550. The van der Waals surface area contributed by atoms with Crippen LogP contribution in [-0.4, -0.2) is 11.5 Å². The first-order valence-corrected chi connectivity index (χ1v) is 7.62. The van der Waals surface area contributed by atoms with E-state index in [0.29, 0.717) is 6.04 Å². The van der Waals surface area contributed by atoms with E-state index in [1.807, 2.05) is 12.3 Å². The van der Waals surface area contributed by atoms with Crippen LogP contribution < -0.4 is 5.32 Å². The Morgan fingerprint density at radius 1 is 1.20 bits per heavy atom. The molecule has 0 saturated heterocycles. The number of hydrogen-bond donors (Lipinski definition) is 1. The lowest BCUT2D eigenvalue weighted by Crippen LogP contribution is -2.19. The minimum Gasteiger partial charge on any atom is -0.310 e. The summed E-state index contributed by atoms with van der Waals surface area (Å²) in [7, 11) is 0. The molecule has 1 aliphatic carbocycles. The maximum Gasteiger partial charge on any atom is 0.0447 e. The van der Waals surface area contributed by atoms with Gasteiger partial charge >= 0.3 is 0 Å². The second kappa shape index (κ2) is 6.19. The molecule has 0 spiro atoms. The van der Waals surface area contributed by atoms with Crippen LogP contribution in [0.1, 0.15) is 48.2 Å². The summed E-state index contributed by atoms with van der Waals surface area (Å²) in [4.78, 5) is 4.45. The Balaban J connectivity index is 1.82. The number of hydrogen-bond acceptors (Lipinski definition) is 2. The van der Waals surface area contributed by atoms with Crippen LogP contribution in [0.5, 0.6) is 0 Å². The fourth-order valence-corrected chi connectivity index (χ4v) is 3.12. The van der Waals surface area contributed by atoms with Crippen LogP contribution in [0, 0.1) is 0 Å². The monoisotopic (exact) mass is 266 g/mol. The van der Waals surface area contributed by atoms with Crippen molar-refractivity contribution in [3.05, 3.63) is 65.0 Å². The molecule has 3 rings (SSSR count). The van der Waals surface area contributed by atoms with Crippen LogP contribution >= 0.6 is 0 Å². The lowest BCUT2D eigenvalue weighted by Gasteiger charge is -2.14. The van der Waals surface area contributed by atoms with Gasteiger partial charge in [-0.15, -0.1) is 0 Å². The van der Waals surface area contributed by atoms with Gasteiger partial charge in [-0.1, -0.05) is 31.2 Å². The molecular weight excluding hydrogens is 244 g/mol. The lowest BCUT2D eigenvalue weighted by molar-refractivity contribution is 0.529. The van der Waals surface area contributed by atoms with Gasteiger partial charge in [-0.3, -0.25) is 4.98 Å². The predicted molar refractivity (Wildman–Crippen MR) is 82.8 cm³/mol. The number of benzene rings is 1. The highest BCUT2D eigenvalue weighted by Crippen LogP contribution is 2.33. The third kappa shape index (κ3) is 2.75. The average Bonchev–Trinajstić information content (AvgIpc) is 2.90. The van der Waals surface area contributed by atoms with Gasteiger partial charge in [0.2, 0.25) is 0 Å². The van der Waals surface area contributed by atoms with Crippen LogP contribution in [0.3, 0.4) is 0 Å². The van der Waals surface area contributed by atoms with E-state index in [4.69, 9.17) is 0 Å². The van der Waals surface area contributed by atoms with Crippen molar-refractivity contribution in [2.24, 2.45) is 0 Å². The second-order valence-electron chi connectivity index (χ2n) is 5.53. The third-order valence-corrected chi connectivity index (χ3v) is 4.11. The molecule has 1 atom stereocenters. The predicted octanol–water partition coefficient (Wildman–Crippen LogP) is 3.66. The van der Waals surface area contributed by atoms with Gasteiger partial charge in [0, 0.05) is 24.4 Å². The summed E-state index contributed by atoms with van der Waals surface area (Å²) in [6, 6.07) is 13.5. The number of fused-ring (bicyclic) bond motifs is 1. The summed E-state index contributed by atoms with van der Waals surface area (Å²) in [5.74, 6) is 0. The minimum atomic E-state index is 0.550.